The molecule has 2 aromatic heterocycles. The number of hydrogen-bond donors (Lipinski definition) is 2. The van der Waals surface area contributed by atoms with E-state index in [2.05, 4.69) is 10.3 Å². The number of amides is 1. The zero-order chi connectivity index (χ0) is 9.26. The van der Waals surface area contributed by atoms with Gasteiger partial charge in [0.15, 0.2) is 5.13 Å². The maximum Gasteiger partial charge on any atom is 0.239 e. The van der Waals surface area contributed by atoms with Crippen LogP contribution >= 0.6 is 35.1 Å². The summed E-state index contributed by atoms with van der Waals surface area (Å²) in [6, 6.07) is 1.93. The number of thiazole rings is 1. The van der Waals surface area contributed by atoms with Crippen LogP contribution in [0.15, 0.2) is 11.4 Å². The van der Waals surface area contributed by atoms with Gasteiger partial charge in [0.25, 0.3) is 0 Å². The van der Waals surface area contributed by atoms with E-state index in [4.69, 9.17) is 5.73 Å². The maximum atomic E-state index is 10.9. The van der Waals surface area contributed by atoms with Gasteiger partial charge in [0, 0.05) is 0 Å². The Bertz CT molecular complexity index is 410. The SMILES string of the molecule is Cl.NCC(=O)Nc1nc2ccsc2s1. The highest BCUT2D eigenvalue weighted by Crippen LogP contribution is 2.29. The highest BCUT2D eigenvalue weighted by Gasteiger charge is 2.06. The van der Waals surface area contributed by atoms with E-state index in [9.17, 15) is 4.79 Å². The third-order valence-electron chi connectivity index (χ3n) is 1.45. The van der Waals surface area contributed by atoms with E-state index in [0.717, 1.165) is 9.53 Å². The van der Waals surface area contributed by atoms with Crippen LogP contribution in [0, 0.1) is 0 Å². The van der Waals surface area contributed by atoms with E-state index in [-0.39, 0.29) is 24.9 Å². The van der Waals surface area contributed by atoms with Crippen LogP contribution in [-0.2, 0) is 4.79 Å². The molecule has 76 valence electrons. The van der Waals surface area contributed by atoms with Gasteiger partial charge in [-0.25, -0.2) is 4.98 Å². The molecule has 0 saturated heterocycles. The van der Waals surface area contributed by atoms with Crippen molar-refractivity contribution in [2.75, 3.05) is 11.9 Å². The fourth-order valence-corrected chi connectivity index (χ4v) is 2.75. The summed E-state index contributed by atoms with van der Waals surface area (Å²) in [5, 5.41) is 5.21. The number of thiophene rings is 1. The largest absolute Gasteiger partial charge is 0.322 e. The molecule has 0 atom stereocenters. The first-order valence-corrected chi connectivity index (χ1v) is 5.33. The fraction of sp³-hybridized carbons (Fsp3) is 0.143. The molecule has 0 saturated carbocycles. The van der Waals surface area contributed by atoms with Crippen LogP contribution < -0.4 is 11.1 Å². The number of carbonyl (C=O) groups excluding carboxylic acids is 1. The standard InChI is InChI=1S/C7H7N3OS2.ClH/c8-3-5(11)10-7-9-4-1-2-12-6(4)13-7;/h1-2H,3,8H2,(H,9,10,11);1H. The van der Waals surface area contributed by atoms with Crippen molar-refractivity contribution in [2.45, 2.75) is 0 Å². The number of nitrogens with zero attached hydrogens (tertiary/aromatic N) is 1. The molecule has 0 bridgehead atoms. The third-order valence-corrected chi connectivity index (χ3v) is 3.47. The zero-order valence-electron chi connectivity index (χ0n) is 7.02. The summed E-state index contributed by atoms with van der Waals surface area (Å²) < 4.78 is 1.12. The second-order valence-electron chi connectivity index (χ2n) is 2.36. The highest BCUT2D eigenvalue weighted by atomic mass is 35.5. The molecule has 4 nitrogen and oxygen atoms in total. The molecule has 0 aliphatic rings. The fourth-order valence-electron chi connectivity index (χ4n) is 0.892. The quantitative estimate of drug-likeness (QED) is 0.851. The van der Waals surface area contributed by atoms with Crippen molar-refractivity contribution in [3.63, 3.8) is 0 Å². The lowest BCUT2D eigenvalue weighted by molar-refractivity contribution is -0.114. The topological polar surface area (TPSA) is 68.0 Å². The van der Waals surface area contributed by atoms with Crippen LogP contribution in [0.1, 0.15) is 0 Å². The van der Waals surface area contributed by atoms with Gasteiger partial charge in [0.05, 0.1) is 12.1 Å². The number of nitrogens with two attached hydrogens (primary N) is 1. The molecule has 0 spiro atoms. The number of fused-ring (bicyclic) bond motifs is 1. The third kappa shape index (κ3) is 2.21. The molecule has 2 heterocycles. The summed E-state index contributed by atoms with van der Waals surface area (Å²) in [4.78, 5) is 15.1. The van der Waals surface area contributed by atoms with Crippen LogP contribution in [-0.4, -0.2) is 17.4 Å². The van der Waals surface area contributed by atoms with Gasteiger partial charge in [-0.15, -0.1) is 23.7 Å². The van der Waals surface area contributed by atoms with Gasteiger partial charge in [0.1, 0.15) is 4.01 Å². The van der Waals surface area contributed by atoms with E-state index < -0.39 is 0 Å². The molecule has 0 radical (unpaired) electrons. The lowest BCUT2D eigenvalue weighted by atomic mass is 10.6. The van der Waals surface area contributed by atoms with E-state index in [0.29, 0.717) is 5.13 Å². The number of hydrogen-bond acceptors (Lipinski definition) is 5. The Hall–Kier alpha value is -0.690. The van der Waals surface area contributed by atoms with Crippen molar-refractivity contribution in [1.29, 1.82) is 0 Å². The Morgan fingerprint density at radius 1 is 1.64 bits per heavy atom. The summed E-state index contributed by atoms with van der Waals surface area (Å²) in [6.07, 6.45) is 0. The Morgan fingerprint density at radius 3 is 3.07 bits per heavy atom. The van der Waals surface area contributed by atoms with Crippen molar-refractivity contribution in [3.8, 4) is 0 Å². The molecular formula is C7H8ClN3OS2. The van der Waals surface area contributed by atoms with Gasteiger partial charge in [-0.1, -0.05) is 11.3 Å². The second kappa shape index (κ2) is 4.70. The average molecular weight is 250 g/mol. The lowest BCUT2D eigenvalue weighted by Crippen LogP contribution is -2.21. The van der Waals surface area contributed by atoms with Gasteiger partial charge in [-0.05, 0) is 11.4 Å². The van der Waals surface area contributed by atoms with Gasteiger partial charge >= 0.3 is 0 Å². The van der Waals surface area contributed by atoms with E-state index in [1.54, 1.807) is 11.3 Å². The Balaban J connectivity index is 0.000000980. The smallest absolute Gasteiger partial charge is 0.239 e. The van der Waals surface area contributed by atoms with E-state index >= 15 is 0 Å². The molecule has 3 N–H and O–H groups in total. The predicted octanol–water partition coefficient (Wildman–Crippen LogP) is 1.68. The molecule has 7 heteroatoms. The van der Waals surface area contributed by atoms with Gasteiger partial charge < -0.3 is 11.1 Å². The number of halogens is 1. The normalized spacial score (nSPS) is 9.79. The lowest BCUT2D eigenvalue weighted by Gasteiger charge is -1.95. The molecule has 2 aromatic rings. The molecule has 0 aliphatic carbocycles. The van der Waals surface area contributed by atoms with Crippen LogP contribution in [0.5, 0.6) is 0 Å². The molecule has 2 rings (SSSR count). The zero-order valence-corrected chi connectivity index (χ0v) is 9.47. The summed E-state index contributed by atoms with van der Waals surface area (Å²) >= 11 is 3.08. The van der Waals surface area contributed by atoms with Crippen LogP contribution in [0.25, 0.3) is 9.53 Å². The minimum Gasteiger partial charge on any atom is -0.322 e. The monoisotopic (exact) mass is 249 g/mol. The van der Waals surface area contributed by atoms with E-state index in [1.807, 2.05) is 11.4 Å². The summed E-state index contributed by atoms with van der Waals surface area (Å²) in [7, 11) is 0. The van der Waals surface area contributed by atoms with Crippen molar-refractivity contribution >= 4 is 55.6 Å². The highest BCUT2D eigenvalue weighted by molar-refractivity contribution is 7.39. The number of carbonyl (C=O) groups is 1. The number of aromatic nitrogens is 1. The maximum absolute atomic E-state index is 10.9. The van der Waals surface area contributed by atoms with Crippen molar-refractivity contribution < 1.29 is 4.79 Å². The van der Waals surface area contributed by atoms with Crippen LogP contribution in [0.2, 0.25) is 0 Å². The molecule has 0 aliphatic heterocycles. The first kappa shape index (κ1) is 11.4. The number of anilines is 1. The summed E-state index contributed by atoms with van der Waals surface area (Å²) in [5.74, 6) is -0.207. The van der Waals surface area contributed by atoms with Crippen LogP contribution in [0.3, 0.4) is 0 Å². The van der Waals surface area contributed by atoms with Gasteiger partial charge in [-0.2, -0.15) is 0 Å². The Kier molecular flexibility index (Phi) is 3.82. The second-order valence-corrected chi connectivity index (χ2v) is 4.54. The summed E-state index contributed by atoms with van der Waals surface area (Å²) in [6.45, 7) is -0.00672. The molecule has 14 heavy (non-hydrogen) atoms. The Labute approximate surface area is 94.5 Å². The first-order chi connectivity index (χ1) is 6.29. The first-order valence-electron chi connectivity index (χ1n) is 3.63. The molecule has 1 amide bonds. The molecule has 0 aromatic carbocycles. The summed E-state index contributed by atoms with van der Waals surface area (Å²) in [5.41, 5.74) is 6.09. The van der Waals surface area contributed by atoms with Gasteiger partial charge in [0.2, 0.25) is 5.91 Å². The Morgan fingerprint density at radius 2 is 2.43 bits per heavy atom. The minimum atomic E-state index is -0.207. The number of nitrogens with one attached hydrogen (secondary N) is 1. The number of rotatable bonds is 2. The molecule has 0 unspecified atom stereocenters. The van der Waals surface area contributed by atoms with Crippen molar-refractivity contribution in [1.82, 2.24) is 4.98 Å². The van der Waals surface area contributed by atoms with Crippen molar-refractivity contribution in [3.05, 3.63) is 11.4 Å². The van der Waals surface area contributed by atoms with Crippen LogP contribution in [0.4, 0.5) is 5.13 Å². The molecule has 0 fully saturated rings. The van der Waals surface area contributed by atoms with E-state index in [1.165, 1.54) is 11.3 Å². The predicted molar refractivity (Wildman–Crippen MR) is 62.4 cm³/mol. The van der Waals surface area contributed by atoms with Crippen molar-refractivity contribution in [2.24, 2.45) is 5.73 Å². The minimum absolute atomic E-state index is 0. The molecular weight excluding hydrogens is 242 g/mol. The van der Waals surface area contributed by atoms with Gasteiger partial charge in [-0.3, -0.25) is 4.79 Å². The average Bonchev–Trinajstić information content (AvgIpc) is 2.63.